The molecule has 0 radical (unpaired) electrons. The van der Waals surface area contributed by atoms with Crippen molar-refractivity contribution in [2.24, 2.45) is 0 Å². The number of aryl methyl sites for hydroxylation is 1. The van der Waals surface area contributed by atoms with Crippen molar-refractivity contribution in [2.75, 3.05) is 11.1 Å². The van der Waals surface area contributed by atoms with Crippen molar-refractivity contribution in [3.8, 4) is 0 Å². The maximum Gasteiger partial charge on any atom is 0.230 e. The zero-order valence-electron chi connectivity index (χ0n) is 10.4. The predicted molar refractivity (Wildman–Crippen MR) is 71.2 cm³/mol. The van der Waals surface area contributed by atoms with Gasteiger partial charge in [0.15, 0.2) is 5.82 Å². The monoisotopic (exact) mass is 244 g/mol. The Balaban J connectivity index is 2.06. The van der Waals surface area contributed by atoms with E-state index in [2.05, 4.69) is 15.5 Å². The summed E-state index contributed by atoms with van der Waals surface area (Å²) in [6.45, 7) is 3.82. The number of H-pyrrole nitrogens is 1. The Hall–Kier alpha value is -2.30. The molecule has 0 aliphatic heterocycles. The van der Waals surface area contributed by atoms with E-state index in [0.29, 0.717) is 11.5 Å². The number of amides is 1. The van der Waals surface area contributed by atoms with Gasteiger partial charge in [-0.1, -0.05) is 18.2 Å². The molecule has 2 rings (SSSR count). The molecule has 0 aliphatic rings. The summed E-state index contributed by atoms with van der Waals surface area (Å²) in [7, 11) is 0. The van der Waals surface area contributed by atoms with Gasteiger partial charge in [0.1, 0.15) is 0 Å². The number of benzene rings is 1. The lowest BCUT2D eigenvalue weighted by Crippen LogP contribution is -2.16. The SMILES string of the molecule is Cc1[nH]nc(NC(=O)Cc2ccccc2N)c1C. The number of hydrogen-bond donors (Lipinski definition) is 3. The average Bonchev–Trinajstić information content (AvgIpc) is 2.64. The first kappa shape index (κ1) is 12.2. The van der Waals surface area contributed by atoms with Crippen LogP contribution in [0.25, 0.3) is 0 Å². The number of rotatable bonds is 3. The van der Waals surface area contributed by atoms with Gasteiger partial charge in [-0.2, -0.15) is 5.10 Å². The van der Waals surface area contributed by atoms with Gasteiger partial charge in [0.2, 0.25) is 5.91 Å². The molecule has 4 N–H and O–H groups in total. The fraction of sp³-hybridized carbons (Fsp3) is 0.231. The summed E-state index contributed by atoms with van der Waals surface area (Å²) >= 11 is 0. The van der Waals surface area contributed by atoms with Crippen molar-refractivity contribution < 1.29 is 4.79 Å². The van der Waals surface area contributed by atoms with Gasteiger partial charge in [0.05, 0.1) is 6.42 Å². The molecule has 0 spiro atoms. The smallest absolute Gasteiger partial charge is 0.230 e. The number of para-hydroxylation sites is 1. The van der Waals surface area contributed by atoms with Crippen molar-refractivity contribution >= 4 is 17.4 Å². The summed E-state index contributed by atoms with van der Waals surface area (Å²) in [5.74, 6) is 0.453. The highest BCUT2D eigenvalue weighted by Crippen LogP contribution is 2.15. The molecule has 1 heterocycles. The normalized spacial score (nSPS) is 10.3. The molecule has 1 amide bonds. The summed E-state index contributed by atoms with van der Waals surface area (Å²) in [6.07, 6.45) is 0.248. The lowest BCUT2D eigenvalue weighted by Gasteiger charge is -2.05. The van der Waals surface area contributed by atoms with E-state index in [1.54, 1.807) is 6.07 Å². The van der Waals surface area contributed by atoms with Crippen LogP contribution in [0.1, 0.15) is 16.8 Å². The van der Waals surface area contributed by atoms with Crippen molar-refractivity contribution in [3.05, 3.63) is 41.1 Å². The zero-order chi connectivity index (χ0) is 13.1. The number of nitrogen functional groups attached to an aromatic ring is 1. The molecule has 1 aromatic carbocycles. The van der Waals surface area contributed by atoms with Crippen molar-refractivity contribution in [1.29, 1.82) is 0 Å². The lowest BCUT2D eigenvalue weighted by atomic mass is 10.1. The molecule has 5 heteroatoms. The minimum absolute atomic E-state index is 0.123. The molecule has 0 bridgehead atoms. The zero-order valence-corrected chi connectivity index (χ0v) is 10.4. The first-order valence-electron chi connectivity index (χ1n) is 5.72. The number of anilines is 2. The summed E-state index contributed by atoms with van der Waals surface area (Å²) in [4.78, 5) is 11.9. The molecule has 18 heavy (non-hydrogen) atoms. The van der Waals surface area contributed by atoms with E-state index in [4.69, 9.17) is 5.73 Å². The van der Waals surface area contributed by atoms with Crippen molar-refractivity contribution in [2.45, 2.75) is 20.3 Å². The number of aromatic nitrogens is 2. The number of nitrogens with zero attached hydrogens (tertiary/aromatic N) is 1. The Labute approximate surface area is 105 Å². The minimum atomic E-state index is -0.123. The van der Waals surface area contributed by atoms with Crippen LogP contribution >= 0.6 is 0 Å². The number of aromatic amines is 1. The topological polar surface area (TPSA) is 83.8 Å². The Bertz CT molecular complexity index is 574. The fourth-order valence-electron chi connectivity index (χ4n) is 1.65. The quantitative estimate of drug-likeness (QED) is 0.720. The summed E-state index contributed by atoms with van der Waals surface area (Å²) in [6, 6.07) is 7.34. The largest absolute Gasteiger partial charge is 0.398 e. The van der Waals surface area contributed by atoms with E-state index in [0.717, 1.165) is 16.8 Å². The van der Waals surface area contributed by atoms with Crippen LogP contribution in [0.2, 0.25) is 0 Å². The summed E-state index contributed by atoms with van der Waals surface area (Å²) in [5, 5.41) is 9.63. The summed E-state index contributed by atoms with van der Waals surface area (Å²) in [5.41, 5.74) is 9.14. The van der Waals surface area contributed by atoms with E-state index in [1.807, 2.05) is 32.0 Å². The van der Waals surface area contributed by atoms with E-state index in [9.17, 15) is 4.79 Å². The Morgan fingerprint density at radius 1 is 1.39 bits per heavy atom. The second kappa shape index (κ2) is 4.91. The second-order valence-electron chi connectivity index (χ2n) is 4.25. The van der Waals surface area contributed by atoms with Gasteiger partial charge >= 0.3 is 0 Å². The number of nitrogens with one attached hydrogen (secondary N) is 2. The first-order valence-corrected chi connectivity index (χ1v) is 5.72. The van der Waals surface area contributed by atoms with Crippen LogP contribution in [0.5, 0.6) is 0 Å². The molecule has 0 atom stereocenters. The van der Waals surface area contributed by atoms with Gasteiger partial charge in [0, 0.05) is 16.9 Å². The molecule has 0 unspecified atom stereocenters. The highest BCUT2D eigenvalue weighted by atomic mass is 16.1. The molecule has 5 nitrogen and oxygen atoms in total. The maximum absolute atomic E-state index is 11.9. The third-order valence-corrected chi connectivity index (χ3v) is 2.92. The van der Waals surface area contributed by atoms with E-state index in [1.165, 1.54) is 0 Å². The van der Waals surface area contributed by atoms with Gasteiger partial charge in [0.25, 0.3) is 0 Å². The molecule has 0 fully saturated rings. The molecule has 94 valence electrons. The number of carbonyl (C=O) groups is 1. The Morgan fingerprint density at radius 2 is 2.11 bits per heavy atom. The van der Waals surface area contributed by atoms with Gasteiger partial charge in [-0.3, -0.25) is 9.89 Å². The third kappa shape index (κ3) is 2.51. The molecule has 2 aromatic rings. The standard InChI is InChI=1S/C13H16N4O/c1-8-9(2)16-17-13(8)15-12(18)7-10-5-3-4-6-11(10)14/h3-6H,7,14H2,1-2H3,(H2,15,16,17,18). The number of carbonyl (C=O) groups excluding carboxylic acids is 1. The van der Waals surface area contributed by atoms with Gasteiger partial charge in [-0.05, 0) is 25.5 Å². The van der Waals surface area contributed by atoms with E-state index >= 15 is 0 Å². The second-order valence-corrected chi connectivity index (χ2v) is 4.25. The molecule has 0 saturated heterocycles. The third-order valence-electron chi connectivity index (χ3n) is 2.92. The molecular weight excluding hydrogens is 228 g/mol. The molecular formula is C13H16N4O. The van der Waals surface area contributed by atoms with Crippen LogP contribution in [0, 0.1) is 13.8 Å². The van der Waals surface area contributed by atoms with Crippen molar-refractivity contribution in [1.82, 2.24) is 10.2 Å². The van der Waals surface area contributed by atoms with Crippen LogP contribution in [-0.2, 0) is 11.2 Å². The minimum Gasteiger partial charge on any atom is -0.398 e. The van der Waals surface area contributed by atoms with Crippen LogP contribution in [0.15, 0.2) is 24.3 Å². The highest BCUT2D eigenvalue weighted by molar-refractivity contribution is 5.92. The Morgan fingerprint density at radius 3 is 2.72 bits per heavy atom. The van der Waals surface area contributed by atoms with Gasteiger partial charge < -0.3 is 11.1 Å². The van der Waals surface area contributed by atoms with Crippen LogP contribution in [-0.4, -0.2) is 16.1 Å². The average molecular weight is 244 g/mol. The van der Waals surface area contributed by atoms with Crippen LogP contribution < -0.4 is 11.1 Å². The first-order chi connectivity index (χ1) is 8.58. The lowest BCUT2D eigenvalue weighted by molar-refractivity contribution is -0.115. The highest BCUT2D eigenvalue weighted by Gasteiger charge is 2.10. The van der Waals surface area contributed by atoms with E-state index < -0.39 is 0 Å². The Kier molecular flexibility index (Phi) is 3.32. The maximum atomic E-state index is 11.9. The number of nitrogens with two attached hydrogens (primary N) is 1. The predicted octanol–water partition coefficient (Wildman–Crippen LogP) is 1.79. The number of hydrogen-bond acceptors (Lipinski definition) is 3. The molecule has 1 aromatic heterocycles. The van der Waals surface area contributed by atoms with E-state index in [-0.39, 0.29) is 12.3 Å². The molecule has 0 saturated carbocycles. The van der Waals surface area contributed by atoms with Crippen LogP contribution in [0.3, 0.4) is 0 Å². The van der Waals surface area contributed by atoms with Crippen LogP contribution in [0.4, 0.5) is 11.5 Å². The fourth-order valence-corrected chi connectivity index (χ4v) is 1.65. The molecule has 0 aliphatic carbocycles. The summed E-state index contributed by atoms with van der Waals surface area (Å²) < 4.78 is 0. The van der Waals surface area contributed by atoms with Gasteiger partial charge in [-0.25, -0.2) is 0 Å². The van der Waals surface area contributed by atoms with Gasteiger partial charge in [-0.15, -0.1) is 0 Å². The van der Waals surface area contributed by atoms with Crippen molar-refractivity contribution in [3.63, 3.8) is 0 Å².